The number of anilines is 1. The predicted molar refractivity (Wildman–Crippen MR) is 76.4 cm³/mol. The highest BCUT2D eigenvalue weighted by Crippen LogP contribution is 2.25. The molecule has 2 N–H and O–H groups in total. The van der Waals surface area contributed by atoms with Gasteiger partial charge in [0, 0.05) is 6.54 Å². The van der Waals surface area contributed by atoms with Gasteiger partial charge in [0.25, 0.3) is 0 Å². The molecule has 0 radical (unpaired) electrons. The van der Waals surface area contributed by atoms with E-state index in [-0.39, 0.29) is 11.8 Å². The third-order valence-corrected chi connectivity index (χ3v) is 3.17. The first-order chi connectivity index (χ1) is 9.31. The van der Waals surface area contributed by atoms with Crippen LogP contribution in [-0.2, 0) is 4.79 Å². The molecule has 102 valence electrons. The molecule has 1 amide bonds. The maximum Gasteiger partial charge on any atom is 0.228 e. The number of benzene rings is 1. The fourth-order valence-electron chi connectivity index (χ4n) is 2.15. The Hall–Kier alpha value is -1.81. The number of para-hydroxylation sites is 2. The molecule has 1 unspecified atom stereocenters. The molecule has 0 bridgehead atoms. The topological polar surface area (TPSA) is 50.4 Å². The summed E-state index contributed by atoms with van der Waals surface area (Å²) in [6.45, 7) is 5.80. The van der Waals surface area contributed by atoms with Crippen molar-refractivity contribution in [2.45, 2.75) is 12.8 Å². The molecule has 4 heteroatoms. The molecule has 0 spiro atoms. The van der Waals surface area contributed by atoms with Gasteiger partial charge in [-0.25, -0.2) is 0 Å². The third-order valence-electron chi connectivity index (χ3n) is 3.17. The minimum atomic E-state index is 0.0428. The van der Waals surface area contributed by atoms with Gasteiger partial charge in [0.2, 0.25) is 5.91 Å². The fraction of sp³-hybridized carbons (Fsp3) is 0.400. The largest absolute Gasteiger partial charge is 0.487 e. The number of hydrogen-bond donors (Lipinski definition) is 2. The molecular weight excluding hydrogens is 240 g/mol. The van der Waals surface area contributed by atoms with Crippen LogP contribution in [0.3, 0.4) is 0 Å². The van der Waals surface area contributed by atoms with Crippen LogP contribution in [0.15, 0.2) is 36.9 Å². The Labute approximate surface area is 113 Å². The fourth-order valence-corrected chi connectivity index (χ4v) is 2.15. The minimum Gasteiger partial charge on any atom is -0.487 e. The Morgan fingerprint density at radius 2 is 2.37 bits per heavy atom. The zero-order valence-electron chi connectivity index (χ0n) is 11.0. The van der Waals surface area contributed by atoms with Crippen LogP contribution in [0, 0.1) is 5.92 Å². The van der Waals surface area contributed by atoms with E-state index in [0.717, 1.165) is 31.6 Å². The summed E-state index contributed by atoms with van der Waals surface area (Å²) in [5.74, 6) is 0.780. The molecule has 0 aliphatic carbocycles. The molecule has 1 saturated heterocycles. The monoisotopic (exact) mass is 260 g/mol. The van der Waals surface area contributed by atoms with E-state index < -0.39 is 0 Å². The number of rotatable bonds is 5. The Morgan fingerprint density at radius 1 is 1.53 bits per heavy atom. The number of carbonyl (C=O) groups is 1. The van der Waals surface area contributed by atoms with Gasteiger partial charge >= 0.3 is 0 Å². The van der Waals surface area contributed by atoms with Gasteiger partial charge in [0.05, 0.1) is 11.6 Å². The Bertz CT molecular complexity index is 440. The van der Waals surface area contributed by atoms with Crippen molar-refractivity contribution in [3.8, 4) is 5.75 Å². The van der Waals surface area contributed by atoms with Crippen LogP contribution in [0.1, 0.15) is 12.8 Å². The molecule has 1 aromatic carbocycles. The van der Waals surface area contributed by atoms with Crippen LogP contribution in [0.5, 0.6) is 5.75 Å². The van der Waals surface area contributed by atoms with Gasteiger partial charge in [-0.1, -0.05) is 24.8 Å². The normalized spacial score (nSPS) is 18.6. The summed E-state index contributed by atoms with van der Waals surface area (Å²) in [5.41, 5.74) is 0.722. The van der Waals surface area contributed by atoms with E-state index in [9.17, 15) is 4.79 Å². The summed E-state index contributed by atoms with van der Waals surface area (Å²) in [6, 6.07) is 7.47. The second-order valence-corrected chi connectivity index (χ2v) is 4.63. The summed E-state index contributed by atoms with van der Waals surface area (Å²) in [4.78, 5) is 12.2. The lowest BCUT2D eigenvalue weighted by Gasteiger charge is -2.22. The number of ether oxygens (including phenoxy) is 1. The van der Waals surface area contributed by atoms with Gasteiger partial charge in [-0.2, -0.15) is 0 Å². The predicted octanol–water partition coefficient (Wildman–Crippen LogP) is 2.19. The molecule has 1 atom stereocenters. The van der Waals surface area contributed by atoms with E-state index in [1.54, 1.807) is 6.08 Å². The van der Waals surface area contributed by atoms with E-state index in [2.05, 4.69) is 17.2 Å². The summed E-state index contributed by atoms with van der Waals surface area (Å²) in [7, 11) is 0. The smallest absolute Gasteiger partial charge is 0.228 e. The van der Waals surface area contributed by atoms with Crippen LogP contribution < -0.4 is 15.4 Å². The highest BCUT2D eigenvalue weighted by molar-refractivity contribution is 5.94. The van der Waals surface area contributed by atoms with Crippen molar-refractivity contribution in [2.75, 3.05) is 25.0 Å². The van der Waals surface area contributed by atoms with Crippen molar-refractivity contribution in [3.63, 3.8) is 0 Å². The third kappa shape index (κ3) is 3.83. The summed E-state index contributed by atoms with van der Waals surface area (Å²) in [5, 5.41) is 6.20. The number of amides is 1. The maximum atomic E-state index is 12.2. The highest BCUT2D eigenvalue weighted by Gasteiger charge is 2.21. The van der Waals surface area contributed by atoms with Crippen LogP contribution in [0.2, 0.25) is 0 Å². The zero-order valence-corrected chi connectivity index (χ0v) is 11.0. The SMILES string of the molecule is C=CCOc1ccccc1NC(=O)C1CCCNC1. The molecule has 1 aliphatic heterocycles. The second kappa shape index (κ2) is 6.95. The highest BCUT2D eigenvalue weighted by atomic mass is 16.5. The molecule has 19 heavy (non-hydrogen) atoms. The minimum absolute atomic E-state index is 0.0428. The lowest BCUT2D eigenvalue weighted by molar-refractivity contribution is -0.120. The average Bonchev–Trinajstić information content (AvgIpc) is 2.47. The van der Waals surface area contributed by atoms with Crippen LogP contribution in [-0.4, -0.2) is 25.6 Å². The van der Waals surface area contributed by atoms with Gasteiger partial charge in [0.15, 0.2) is 0 Å². The molecule has 0 aromatic heterocycles. The van der Waals surface area contributed by atoms with Crippen molar-refractivity contribution >= 4 is 11.6 Å². The molecular formula is C15H20N2O2. The Kier molecular flexibility index (Phi) is 4.98. The molecule has 2 rings (SSSR count). The first-order valence-corrected chi connectivity index (χ1v) is 6.65. The number of nitrogens with one attached hydrogen (secondary N) is 2. The van der Waals surface area contributed by atoms with E-state index in [4.69, 9.17) is 4.74 Å². The van der Waals surface area contributed by atoms with Gasteiger partial charge in [-0.3, -0.25) is 4.79 Å². The summed E-state index contributed by atoms with van der Waals surface area (Å²) < 4.78 is 5.53. The van der Waals surface area contributed by atoms with Crippen LogP contribution in [0.25, 0.3) is 0 Å². The van der Waals surface area contributed by atoms with Crippen molar-refractivity contribution in [3.05, 3.63) is 36.9 Å². The summed E-state index contributed by atoms with van der Waals surface area (Å²) in [6.07, 6.45) is 3.67. The van der Waals surface area contributed by atoms with Gasteiger partial charge < -0.3 is 15.4 Å². The lowest BCUT2D eigenvalue weighted by atomic mass is 9.99. The molecule has 4 nitrogen and oxygen atoms in total. The molecule has 0 saturated carbocycles. The van der Waals surface area contributed by atoms with Crippen molar-refractivity contribution in [2.24, 2.45) is 5.92 Å². The quantitative estimate of drug-likeness (QED) is 0.798. The van der Waals surface area contributed by atoms with E-state index >= 15 is 0 Å². The molecule has 1 heterocycles. The standard InChI is InChI=1S/C15H20N2O2/c1-2-10-19-14-8-4-3-7-13(14)17-15(18)12-6-5-9-16-11-12/h2-4,7-8,12,16H,1,5-6,9-11H2,(H,17,18). The van der Waals surface area contributed by atoms with Gasteiger partial charge in [-0.15, -0.1) is 0 Å². The van der Waals surface area contributed by atoms with E-state index in [1.807, 2.05) is 24.3 Å². The first-order valence-electron chi connectivity index (χ1n) is 6.65. The first kappa shape index (κ1) is 13.6. The summed E-state index contributed by atoms with van der Waals surface area (Å²) >= 11 is 0. The van der Waals surface area contributed by atoms with Crippen LogP contribution in [0.4, 0.5) is 5.69 Å². The number of piperidine rings is 1. The zero-order chi connectivity index (χ0) is 13.5. The second-order valence-electron chi connectivity index (χ2n) is 4.63. The van der Waals surface area contributed by atoms with E-state index in [0.29, 0.717) is 12.4 Å². The Balaban J connectivity index is 2.00. The van der Waals surface area contributed by atoms with Crippen molar-refractivity contribution in [1.82, 2.24) is 5.32 Å². The maximum absolute atomic E-state index is 12.2. The molecule has 1 aliphatic rings. The van der Waals surface area contributed by atoms with Gasteiger partial charge in [0.1, 0.15) is 12.4 Å². The van der Waals surface area contributed by atoms with Crippen molar-refractivity contribution in [1.29, 1.82) is 0 Å². The average molecular weight is 260 g/mol. The lowest BCUT2D eigenvalue weighted by Crippen LogP contribution is -2.37. The van der Waals surface area contributed by atoms with Gasteiger partial charge in [-0.05, 0) is 31.5 Å². The van der Waals surface area contributed by atoms with E-state index in [1.165, 1.54) is 0 Å². The van der Waals surface area contributed by atoms with Crippen LogP contribution >= 0.6 is 0 Å². The number of hydrogen-bond acceptors (Lipinski definition) is 3. The Morgan fingerprint density at radius 3 is 3.11 bits per heavy atom. The molecule has 1 aromatic rings. The van der Waals surface area contributed by atoms with Crippen molar-refractivity contribution < 1.29 is 9.53 Å². The number of carbonyl (C=O) groups excluding carboxylic acids is 1. The molecule has 1 fully saturated rings.